The number of rotatable bonds is 5. The molecule has 0 spiro atoms. The van der Waals surface area contributed by atoms with E-state index in [4.69, 9.17) is 4.74 Å². The van der Waals surface area contributed by atoms with Crippen LogP contribution >= 0.6 is 0 Å². The fraction of sp³-hybridized carbons (Fsp3) is 0.500. The largest absolute Gasteiger partial charge is 0.383 e. The minimum absolute atomic E-state index is 0.391. The maximum atomic E-state index is 10.9. The van der Waals surface area contributed by atoms with Gasteiger partial charge >= 0.3 is 5.69 Å². The van der Waals surface area contributed by atoms with E-state index in [1.54, 1.807) is 7.11 Å². The van der Waals surface area contributed by atoms with Gasteiger partial charge in [-0.1, -0.05) is 0 Å². The summed E-state index contributed by atoms with van der Waals surface area (Å²) in [6.07, 6.45) is 0. The van der Waals surface area contributed by atoms with Crippen molar-refractivity contribution < 1.29 is 4.74 Å². The molecule has 0 aromatic carbocycles. The second-order valence-electron chi connectivity index (χ2n) is 2.78. The van der Waals surface area contributed by atoms with E-state index in [2.05, 4.69) is 15.3 Å². The van der Waals surface area contributed by atoms with Crippen molar-refractivity contribution in [3.63, 3.8) is 0 Å². The summed E-state index contributed by atoms with van der Waals surface area (Å²) in [4.78, 5) is 26.3. The fourth-order valence-electron chi connectivity index (χ4n) is 1.01. The van der Waals surface area contributed by atoms with E-state index in [1.807, 2.05) is 0 Å². The summed E-state index contributed by atoms with van der Waals surface area (Å²) in [6, 6.07) is 1.35. The van der Waals surface area contributed by atoms with Gasteiger partial charge < -0.3 is 15.0 Å². The summed E-state index contributed by atoms with van der Waals surface area (Å²) in [5.74, 6) is 0. The number of hydrogen-bond donors (Lipinski definition) is 3. The molecule has 1 heterocycles. The van der Waals surface area contributed by atoms with Crippen LogP contribution in [-0.4, -0.2) is 30.2 Å². The summed E-state index contributed by atoms with van der Waals surface area (Å²) in [7, 11) is 1.61. The van der Waals surface area contributed by atoms with Crippen LogP contribution in [0.3, 0.4) is 0 Å². The predicted molar refractivity (Wildman–Crippen MR) is 51.3 cm³/mol. The standard InChI is InChI=1S/C8H13N3O3/c1-14-3-2-9-5-6-4-7(12)11-8(13)10-6/h4,9H,2-3,5H2,1H3,(H2,10,11,12,13). The topological polar surface area (TPSA) is 87.0 Å². The lowest BCUT2D eigenvalue weighted by atomic mass is 10.4. The number of methoxy groups -OCH3 is 1. The Labute approximate surface area is 80.3 Å². The van der Waals surface area contributed by atoms with Crippen LogP contribution in [0, 0.1) is 0 Å². The molecule has 6 nitrogen and oxygen atoms in total. The van der Waals surface area contributed by atoms with Crippen LogP contribution in [0.25, 0.3) is 0 Å². The Morgan fingerprint density at radius 1 is 1.43 bits per heavy atom. The van der Waals surface area contributed by atoms with Crippen molar-refractivity contribution in [2.24, 2.45) is 0 Å². The molecular weight excluding hydrogens is 186 g/mol. The van der Waals surface area contributed by atoms with Gasteiger partial charge in [0.05, 0.1) is 6.61 Å². The molecule has 0 fully saturated rings. The van der Waals surface area contributed by atoms with Crippen molar-refractivity contribution >= 4 is 0 Å². The molecule has 1 rings (SSSR count). The van der Waals surface area contributed by atoms with Gasteiger partial charge in [0, 0.05) is 32.0 Å². The van der Waals surface area contributed by atoms with Crippen LogP contribution in [-0.2, 0) is 11.3 Å². The first-order valence-electron chi connectivity index (χ1n) is 4.24. The molecule has 1 aromatic heterocycles. The quantitative estimate of drug-likeness (QED) is 0.520. The highest BCUT2D eigenvalue weighted by molar-refractivity contribution is 4.97. The molecule has 3 N–H and O–H groups in total. The number of aromatic amines is 2. The van der Waals surface area contributed by atoms with Gasteiger partial charge in [0.25, 0.3) is 5.56 Å². The smallest absolute Gasteiger partial charge is 0.325 e. The molecule has 14 heavy (non-hydrogen) atoms. The first-order chi connectivity index (χ1) is 6.72. The molecule has 0 atom stereocenters. The number of nitrogens with one attached hydrogen (secondary N) is 3. The monoisotopic (exact) mass is 199 g/mol. The lowest BCUT2D eigenvalue weighted by molar-refractivity contribution is 0.199. The van der Waals surface area contributed by atoms with E-state index in [0.29, 0.717) is 25.4 Å². The predicted octanol–water partition coefficient (Wildman–Crippen LogP) is -1.20. The second-order valence-corrected chi connectivity index (χ2v) is 2.78. The van der Waals surface area contributed by atoms with Gasteiger partial charge in [-0.2, -0.15) is 0 Å². The zero-order valence-electron chi connectivity index (χ0n) is 7.92. The highest BCUT2D eigenvalue weighted by Crippen LogP contribution is 1.82. The Kier molecular flexibility index (Phi) is 4.09. The van der Waals surface area contributed by atoms with Gasteiger partial charge in [-0.3, -0.25) is 9.78 Å². The summed E-state index contributed by atoms with van der Waals surface area (Å²) in [5, 5.41) is 3.01. The van der Waals surface area contributed by atoms with Crippen molar-refractivity contribution in [2.75, 3.05) is 20.3 Å². The number of hydrogen-bond acceptors (Lipinski definition) is 4. The van der Waals surface area contributed by atoms with Crippen molar-refractivity contribution in [2.45, 2.75) is 6.54 Å². The molecule has 1 aromatic rings. The summed E-state index contributed by atoms with van der Waals surface area (Å²) in [5.41, 5.74) is -0.312. The second kappa shape index (κ2) is 5.36. The van der Waals surface area contributed by atoms with Crippen LogP contribution in [0.4, 0.5) is 0 Å². The average molecular weight is 199 g/mol. The molecule has 0 radical (unpaired) electrons. The van der Waals surface area contributed by atoms with Crippen LogP contribution in [0.1, 0.15) is 5.69 Å². The third-order valence-corrected chi connectivity index (χ3v) is 1.61. The van der Waals surface area contributed by atoms with Crippen LogP contribution in [0.2, 0.25) is 0 Å². The normalized spacial score (nSPS) is 10.4. The molecule has 0 unspecified atom stereocenters. The van der Waals surface area contributed by atoms with E-state index in [0.717, 1.165) is 0 Å². The number of ether oxygens (including phenoxy) is 1. The van der Waals surface area contributed by atoms with Gasteiger partial charge in [0.15, 0.2) is 0 Å². The third kappa shape index (κ3) is 3.55. The summed E-state index contributed by atoms with van der Waals surface area (Å²) >= 11 is 0. The van der Waals surface area contributed by atoms with Gasteiger partial charge in [0.2, 0.25) is 0 Å². The zero-order chi connectivity index (χ0) is 10.4. The van der Waals surface area contributed by atoms with Crippen molar-refractivity contribution in [1.82, 2.24) is 15.3 Å². The molecule has 0 aliphatic heterocycles. The molecule has 0 aliphatic rings. The molecule has 0 amide bonds. The Morgan fingerprint density at radius 2 is 2.21 bits per heavy atom. The van der Waals surface area contributed by atoms with E-state index < -0.39 is 11.2 Å². The Balaban J connectivity index is 2.51. The van der Waals surface area contributed by atoms with Crippen LogP contribution in [0.5, 0.6) is 0 Å². The summed E-state index contributed by atoms with van der Waals surface area (Å²) in [6.45, 7) is 1.71. The molecule has 6 heteroatoms. The molecular formula is C8H13N3O3. The van der Waals surface area contributed by atoms with Crippen LogP contribution < -0.4 is 16.6 Å². The first-order valence-corrected chi connectivity index (χ1v) is 4.24. The molecule has 0 bridgehead atoms. The molecule has 0 aliphatic carbocycles. The van der Waals surface area contributed by atoms with E-state index >= 15 is 0 Å². The molecule has 0 saturated carbocycles. The van der Waals surface area contributed by atoms with Gasteiger partial charge in [0.1, 0.15) is 0 Å². The molecule has 0 saturated heterocycles. The van der Waals surface area contributed by atoms with E-state index in [-0.39, 0.29) is 0 Å². The van der Waals surface area contributed by atoms with Gasteiger partial charge in [-0.15, -0.1) is 0 Å². The van der Waals surface area contributed by atoms with Crippen LogP contribution in [0.15, 0.2) is 15.7 Å². The Bertz CT molecular complexity index is 354. The third-order valence-electron chi connectivity index (χ3n) is 1.61. The minimum Gasteiger partial charge on any atom is -0.383 e. The zero-order valence-corrected chi connectivity index (χ0v) is 7.92. The minimum atomic E-state index is -0.485. The Hall–Kier alpha value is -1.40. The van der Waals surface area contributed by atoms with Gasteiger partial charge in [-0.05, 0) is 0 Å². The summed E-state index contributed by atoms with van der Waals surface area (Å²) < 4.78 is 4.82. The highest BCUT2D eigenvalue weighted by Gasteiger charge is 1.95. The number of aromatic nitrogens is 2. The fourth-order valence-corrected chi connectivity index (χ4v) is 1.01. The lowest BCUT2D eigenvalue weighted by Crippen LogP contribution is -2.26. The first kappa shape index (κ1) is 10.7. The maximum Gasteiger partial charge on any atom is 0.325 e. The highest BCUT2D eigenvalue weighted by atomic mass is 16.5. The van der Waals surface area contributed by atoms with E-state index in [9.17, 15) is 9.59 Å². The lowest BCUT2D eigenvalue weighted by Gasteiger charge is -2.02. The average Bonchev–Trinajstić information content (AvgIpc) is 2.11. The van der Waals surface area contributed by atoms with Crippen molar-refractivity contribution in [3.8, 4) is 0 Å². The molecule has 78 valence electrons. The van der Waals surface area contributed by atoms with Crippen molar-refractivity contribution in [3.05, 3.63) is 32.6 Å². The number of H-pyrrole nitrogens is 2. The SMILES string of the molecule is COCCNCc1cc(=O)[nH]c(=O)[nH]1. The Morgan fingerprint density at radius 3 is 2.86 bits per heavy atom. The van der Waals surface area contributed by atoms with Crippen molar-refractivity contribution in [1.29, 1.82) is 0 Å². The maximum absolute atomic E-state index is 10.9. The van der Waals surface area contributed by atoms with E-state index in [1.165, 1.54) is 6.07 Å². The van der Waals surface area contributed by atoms with Gasteiger partial charge in [-0.25, -0.2) is 4.79 Å².